The van der Waals surface area contributed by atoms with Crippen LogP contribution in [0.2, 0.25) is 0 Å². The number of hydrogen-bond acceptors (Lipinski definition) is 4. The summed E-state index contributed by atoms with van der Waals surface area (Å²) in [6, 6.07) is 2.35. The molecule has 88 valence electrons. The van der Waals surface area contributed by atoms with Crippen LogP contribution in [0.15, 0.2) is 0 Å². The molecule has 1 fully saturated rings. The monoisotopic (exact) mass is 213 g/mol. The molecular formula is C11H23N3O. The maximum atomic E-state index is 9.23. The Morgan fingerprint density at radius 2 is 1.80 bits per heavy atom. The second-order valence-corrected chi connectivity index (χ2v) is 5.02. The van der Waals surface area contributed by atoms with Gasteiger partial charge in [-0.25, -0.2) is 0 Å². The molecule has 0 spiro atoms. The molecule has 1 rings (SSSR count). The van der Waals surface area contributed by atoms with Crippen molar-refractivity contribution in [3.05, 3.63) is 0 Å². The second kappa shape index (κ2) is 4.93. The Labute approximate surface area is 92.8 Å². The van der Waals surface area contributed by atoms with Gasteiger partial charge in [0.15, 0.2) is 0 Å². The fourth-order valence-corrected chi connectivity index (χ4v) is 1.86. The summed E-state index contributed by atoms with van der Waals surface area (Å²) in [5.74, 6) is 0. The molecule has 0 saturated carbocycles. The first-order valence-electron chi connectivity index (χ1n) is 5.01. The minimum Gasteiger partial charge on any atom is -0.314 e. The van der Waals surface area contributed by atoms with Crippen LogP contribution in [0.5, 0.6) is 0 Å². The molecule has 0 aromatic carbocycles. The molecule has 0 aliphatic carbocycles. The molecule has 1 saturated heterocycles. The van der Waals surface area contributed by atoms with Crippen molar-refractivity contribution < 1.29 is 5.21 Å². The van der Waals surface area contributed by atoms with E-state index in [4.69, 9.17) is 0 Å². The molecule has 4 nitrogen and oxygen atoms in total. The molecule has 2 N–H and O–H groups in total. The van der Waals surface area contributed by atoms with E-state index in [1.807, 2.05) is 0 Å². The van der Waals surface area contributed by atoms with Crippen molar-refractivity contribution in [1.82, 2.24) is 10.4 Å². The summed E-state index contributed by atoms with van der Waals surface area (Å²) < 4.78 is 0. The van der Waals surface area contributed by atoms with Crippen molar-refractivity contribution in [1.29, 1.82) is 5.26 Å². The maximum absolute atomic E-state index is 9.23. The predicted molar refractivity (Wildman–Crippen MR) is 60.6 cm³/mol. The van der Waals surface area contributed by atoms with Crippen molar-refractivity contribution in [2.24, 2.45) is 0 Å². The lowest BCUT2D eigenvalue weighted by Gasteiger charge is -2.39. The summed E-state index contributed by atoms with van der Waals surface area (Å²) in [5.41, 5.74) is -0.523. The number of nitrogens with zero attached hydrogens (tertiary/aromatic N) is 2. The third-order valence-electron chi connectivity index (χ3n) is 2.42. The fourth-order valence-electron chi connectivity index (χ4n) is 1.86. The summed E-state index contributed by atoms with van der Waals surface area (Å²) in [6.07, 6.45) is 1.36. The molecule has 0 radical (unpaired) electrons. The van der Waals surface area contributed by atoms with E-state index >= 15 is 0 Å². The standard InChI is InChI=1S/C10H19N3O.CH4/c1-9(2,3)12-10(8-11)4-6-13(14)7-5-10;/h12,14H,4-7H2,1-3H3;1H4. The quantitative estimate of drug-likeness (QED) is 0.697. The van der Waals surface area contributed by atoms with E-state index in [0.29, 0.717) is 25.9 Å². The van der Waals surface area contributed by atoms with E-state index in [1.165, 1.54) is 5.06 Å². The molecule has 1 aliphatic rings. The fraction of sp³-hybridized carbons (Fsp3) is 0.909. The molecule has 1 aliphatic heterocycles. The number of piperidine rings is 1. The van der Waals surface area contributed by atoms with E-state index in [2.05, 4.69) is 32.2 Å². The average molecular weight is 213 g/mol. The molecule has 4 heteroatoms. The van der Waals surface area contributed by atoms with Gasteiger partial charge in [0.05, 0.1) is 6.07 Å². The van der Waals surface area contributed by atoms with E-state index in [9.17, 15) is 10.5 Å². The second-order valence-electron chi connectivity index (χ2n) is 5.02. The number of hydroxylamine groups is 2. The molecule has 0 atom stereocenters. The van der Waals surface area contributed by atoms with Gasteiger partial charge in [-0.05, 0) is 33.6 Å². The van der Waals surface area contributed by atoms with Crippen LogP contribution in [-0.2, 0) is 0 Å². The first-order chi connectivity index (χ1) is 6.37. The van der Waals surface area contributed by atoms with Gasteiger partial charge in [0.1, 0.15) is 5.54 Å². The highest BCUT2D eigenvalue weighted by molar-refractivity contribution is 5.11. The third-order valence-corrected chi connectivity index (χ3v) is 2.42. The van der Waals surface area contributed by atoms with Gasteiger partial charge < -0.3 is 5.21 Å². The minimum atomic E-state index is -0.461. The molecule has 1 heterocycles. The van der Waals surface area contributed by atoms with Crippen LogP contribution in [0.1, 0.15) is 41.0 Å². The van der Waals surface area contributed by atoms with Crippen LogP contribution in [0.25, 0.3) is 0 Å². The highest BCUT2D eigenvalue weighted by Crippen LogP contribution is 2.23. The maximum Gasteiger partial charge on any atom is 0.109 e. The summed E-state index contributed by atoms with van der Waals surface area (Å²) in [4.78, 5) is 0. The molecule has 0 bridgehead atoms. The van der Waals surface area contributed by atoms with E-state index in [-0.39, 0.29) is 13.0 Å². The van der Waals surface area contributed by atoms with Crippen molar-refractivity contribution in [3.8, 4) is 6.07 Å². The summed E-state index contributed by atoms with van der Waals surface area (Å²) in [7, 11) is 0. The lowest BCUT2D eigenvalue weighted by atomic mass is 9.87. The molecular weight excluding hydrogens is 190 g/mol. The minimum absolute atomic E-state index is 0. The highest BCUT2D eigenvalue weighted by atomic mass is 16.5. The Balaban J connectivity index is 0.00000196. The normalized spacial score (nSPS) is 21.5. The first-order valence-corrected chi connectivity index (χ1v) is 5.01. The van der Waals surface area contributed by atoms with Crippen molar-refractivity contribution in [3.63, 3.8) is 0 Å². The Bertz CT molecular complexity index is 231. The predicted octanol–water partition coefficient (Wildman–Crippen LogP) is 1.76. The van der Waals surface area contributed by atoms with Crippen molar-refractivity contribution in [2.45, 2.75) is 52.1 Å². The number of nitriles is 1. The number of nitrogens with one attached hydrogen (secondary N) is 1. The van der Waals surface area contributed by atoms with Gasteiger partial charge in [0, 0.05) is 18.6 Å². The van der Waals surface area contributed by atoms with Crippen LogP contribution < -0.4 is 5.32 Å². The van der Waals surface area contributed by atoms with Crippen LogP contribution in [-0.4, -0.2) is 34.4 Å². The average Bonchev–Trinajstić information content (AvgIpc) is 2.07. The summed E-state index contributed by atoms with van der Waals surface area (Å²) in [6.45, 7) is 7.29. The van der Waals surface area contributed by atoms with Gasteiger partial charge >= 0.3 is 0 Å². The van der Waals surface area contributed by atoms with E-state index in [1.54, 1.807) is 0 Å². The number of rotatable bonds is 1. The zero-order valence-corrected chi connectivity index (χ0v) is 9.17. The Hall–Kier alpha value is -0.630. The van der Waals surface area contributed by atoms with Crippen LogP contribution in [0, 0.1) is 11.3 Å². The Morgan fingerprint density at radius 3 is 2.13 bits per heavy atom. The summed E-state index contributed by atoms with van der Waals surface area (Å²) >= 11 is 0. The zero-order valence-electron chi connectivity index (χ0n) is 9.17. The third kappa shape index (κ3) is 4.17. The van der Waals surface area contributed by atoms with Crippen LogP contribution >= 0.6 is 0 Å². The van der Waals surface area contributed by atoms with E-state index in [0.717, 1.165) is 0 Å². The van der Waals surface area contributed by atoms with Gasteiger partial charge in [-0.2, -0.15) is 10.3 Å². The summed E-state index contributed by atoms with van der Waals surface area (Å²) in [5, 5.41) is 23.0. The van der Waals surface area contributed by atoms with Gasteiger partial charge in [0.25, 0.3) is 0 Å². The molecule has 0 amide bonds. The van der Waals surface area contributed by atoms with Gasteiger partial charge in [-0.1, -0.05) is 7.43 Å². The van der Waals surface area contributed by atoms with Gasteiger partial charge in [-0.3, -0.25) is 5.32 Å². The van der Waals surface area contributed by atoms with Crippen LogP contribution in [0.3, 0.4) is 0 Å². The van der Waals surface area contributed by atoms with E-state index < -0.39 is 5.54 Å². The van der Waals surface area contributed by atoms with Gasteiger partial charge in [-0.15, -0.1) is 0 Å². The van der Waals surface area contributed by atoms with Gasteiger partial charge in [0.2, 0.25) is 0 Å². The smallest absolute Gasteiger partial charge is 0.109 e. The molecule has 15 heavy (non-hydrogen) atoms. The highest BCUT2D eigenvalue weighted by Gasteiger charge is 2.37. The van der Waals surface area contributed by atoms with Crippen LogP contribution in [0.4, 0.5) is 0 Å². The lowest BCUT2D eigenvalue weighted by molar-refractivity contribution is -0.114. The number of hydrogen-bond donors (Lipinski definition) is 2. The Kier molecular flexibility index (Phi) is 4.72. The van der Waals surface area contributed by atoms with Crippen molar-refractivity contribution in [2.75, 3.05) is 13.1 Å². The first kappa shape index (κ1) is 14.4. The lowest BCUT2D eigenvalue weighted by Crippen LogP contribution is -2.57. The Morgan fingerprint density at radius 1 is 1.33 bits per heavy atom. The molecule has 0 aromatic heterocycles. The molecule has 0 aromatic rings. The zero-order chi connectivity index (χ0) is 10.8. The topological polar surface area (TPSA) is 59.3 Å². The largest absolute Gasteiger partial charge is 0.314 e. The molecule has 0 unspecified atom stereocenters. The van der Waals surface area contributed by atoms with Crippen molar-refractivity contribution >= 4 is 0 Å². The SMILES string of the molecule is C.CC(C)(C)NC1(C#N)CCN(O)CC1.